The summed E-state index contributed by atoms with van der Waals surface area (Å²) in [7, 11) is -3.67. The van der Waals surface area contributed by atoms with Crippen LogP contribution in [0, 0.1) is 11.8 Å². The summed E-state index contributed by atoms with van der Waals surface area (Å²) in [5.41, 5.74) is 3.67. The quantitative estimate of drug-likeness (QED) is 0.580. The fourth-order valence-corrected chi connectivity index (χ4v) is 6.67. The molecule has 6 nitrogen and oxygen atoms in total. The van der Waals surface area contributed by atoms with Crippen LogP contribution in [-0.2, 0) is 28.3 Å². The maximum absolute atomic E-state index is 11.5. The van der Waals surface area contributed by atoms with Gasteiger partial charge in [-0.3, -0.25) is 4.90 Å². The standard InChI is InChI=1S/C26H35N3O3S/c1-17-15-29(16-19-3-4-19)24-13-20-7-8-21(30)14-23(20)26(17,2)25(24)28-12-11-18-5-9-22(10-6-18)33(27,31)32/h5-10,14,17,19,24-25,28,30H,3-4,11-13,15-16H2,1-2H3,(H2,27,31,32)/t17?,24-,25+,26-/m1/s1. The lowest BCUT2D eigenvalue weighted by molar-refractivity contribution is 0.00435. The number of sulfonamides is 1. The van der Waals surface area contributed by atoms with Gasteiger partial charge in [0, 0.05) is 30.6 Å². The number of fused-ring (bicyclic) bond motifs is 4. The molecule has 1 unspecified atom stereocenters. The highest BCUT2D eigenvalue weighted by Gasteiger charge is 2.54. The number of hydrogen-bond donors (Lipinski definition) is 3. The van der Waals surface area contributed by atoms with Gasteiger partial charge < -0.3 is 10.4 Å². The summed E-state index contributed by atoms with van der Waals surface area (Å²) in [5.74, 6) is 1.65. The van der Waals surface area contributed by atoms with Gasteiger partial charge in [0.05, 0.1) is 4.90 Å². The van der Waals surface area contributed by atoms with Crippen LogP contribution in [0.2, 0.25) is 0 Å². The van der Waals surface area contributed by atoms with Crippen molar-refractivity contribution >= 4 is 10.0 Å². The molecular weight excluding hydrogens is 434 g/mol. The van der Waals surface area contributed by atoms with E-state index in [-0.39, 0.29) is 16.4 Å². The van der Waals surface area contributed by atoms with Gasteiger partial charge in [-0.2, -0.15) is 0 Å². The SMILES string of the molecule is CC1CN(CC2CC2)[C@@H]2Cc3ccc(O)cc3[C@]1(C)[C@H]2NCCc1ccc(S(N)(=O)=O)cc1. The van der Waals surface area contributed by atoms with E-state index >= 15 is 0 Å². The van der Waals surface area contributed by atoms with E-state index in [1.165, 1.54) is 30.5 Å². The van der Waals surface area contributed by atoms with Gasteiger partial charge in [-0.15, -0.1) is 0 Å². The zero-order chi connectivity index (χ0) is 23.4. The molecule has 1 aliphatic heterocycles. The molecule has 1 saturated heterocycles. The molecule has 0 aromatic heterocycles. The van der Waals surface area contributed by atoms with Gasteiger partial charge >= 0.3 is 0 Å². The lowest BCUT2D eigenvalue weighted by atomic mass is 9.57. The summed E-state index contributed by atoms with van der Waals surface area (Å²) in [4.78, 5) is 2.87. The molecule has 2 aliphatic carbocycles. The topological polar surface area (TPSA) is 95.7 Å². The molecule has 2 bridgehead atoms. The van der Waals surface area contributed by atoms with Crippen molar-refractivity contribution in [3.8, 4) is 5.75 Å². The van der Waals surface area contributed by atoms with Crippen molar-refractivity contribution in [1.82, 2.24) is 10.2 Å². The number of phenols is 1. The van der Waals surface area contributed by atoms with Gasteiger partial charge in [-0.1, -0.05) is 32.0 Å². The minimum atomic E-state index is -3.67. The van der Waals surface area contributed by atoms with Crippen LogP contribution in [-0.4, -0.2) is 50.1 Å². The Morgan fingerprint density at radius 1 is 1.18 bits per heavy atom. The van der Waals surface area contributed by atoms with Crippen molar-refractivity contribution in [1.29, 1.82) is 0 Å². The average Bonchev–Trinajstić information content (AvgIpc) is 3.58. The Morgan fingerprint density at radius 2 is 1.91 bits per heavy atom. The summed E-state index contributed by atoms with van der Waals surface area (Å²) in [5, 5.41) is 19.4. The second-order valence-electron chi connectivity index (χ2n) is 10.6. The third kappa shape index (κ3) is 4.32. The number of aromatic hydroxyl groups is 1. The normalized spacial score (nSPS) is 29.6. The molecule has 2 fully saturated rings. The second-order valence-corrected chi connectivity index (χ2v) is 12.1. The van der Waals surface area contributed by atoms with E-state index in [0.29, 0.717) is 17.7 Å². The van der Waals surface area contributed by atoms with Crippen LogP contribution in [0.5, 0.6) is 5.75 Å². The van der Waals surface area contributed by atoms with Crippen LogP contribution >= 0.6 is 0 Å². The zero-order valence-electron chi connectivity index (χ0n) is 19.5. The number of phenolic OH excluding ortho intramolecular Hbond substituents is 1. The minimum Gasteiger partial charge on any atom is -0.508 e. The summed E-state index contributed by atoms with van der Waals surface area (Å²) in [6, 6.07) is 13.5. The van der Waals surface area contributed by atoms with Gasteiger partial charge in [-0.05, 0) is 85.0 Å². The number of nitrogens with two attached hydrogens (primary N) is 1. The molecule has 178 valence electrons. The minimum absolute atomic E-state index is 0.0610. The van der Waals surface area contributed by atoms with E-state index in [0.717, 1.165) is 37.4 Å². The smallest absolute Gasteiger partial charge is 0.238 e. The molecule has 1 heterocycles. The van der Waals surface area contributed by atoms with Crippen LogP contribution in [0.4, 0.5) is 0 Å². The van der Waals surface area contributed by atoms with Gasteiger partial charge in [0.25, 0.3) is 0 Å². The first-order valence-corrected chi connectivity index (χ1v) is 13.6. The van der Waals surface area contributed by atoms with Gasteiger partial charge in [-0.25, -0.2) is 13.6 Å². The van der Waals surface area contributed by atoms with E-state index < -0.39 is 10.0 Å². The fourth-order valence-electron chi connectivity index (χ4n) is 6.15. The van der Waals surface area contributed by atoms with Crippen molar-refractivity contribution in [2.75, 3.05) is 19.6 Å². The molecule has 1 saturated carbocycles. The summed E-state index contributed by atoms with van der Waals surface area (Å²) < 4.78 is 23.0. The van der Waals surface area contributed by atoms with E-state index in [9.17, 15) is 13.5 Å². The second kappa shape index (κ2) is 8.38. The highest BCUT2D eigenvalue weighted by atomic mass is 32.2. The van der Waals surface area contributed by atoms with E-state index in [1.807, 2.05) is 24.3 Å². The lowest BCUT2D eigenvalue weighted by Gasteiger charge is -2.59. The number of primary sulfonamides is 1. The first kappa shape index (κ1) is 22.8. The Labute approximate surface area is 197 Å². The van der Waals surface area contributed by atoms with Crippen LogP contribution in [0.15, 0.2) is 47.4 Å². The molecule has 33 heavy (non-hydrogen) atoms. The Kier molecular flexibility index (Phi) is 5.80. The van der Waals surface area contributed by atoms with E-state index in [1.54, 1.807) is 12.1 Å². The lowest BCUT2D eigenvalue weighted by Crippen LogP contribution is -2.70. The first-order valence-electron chi connectivity index (χ1n) is 12.1. The first-order chi connectivity index (χ1) is 15.7. The molecule has 0 spiro atoms. The van der Waals surface area contributed by atoms with Crippen molar-refractivity contribution in [2.45, 2.75) is 61.9 Å². The molecule has 3 aliphatic rings. The van der Waals surface area contributed by atoms with Gasteiger partial charge in [0.2, 0.25) is 10.0 Å². The largest absolute Gasteiger partial charge is 0.508 e. The molecule has 0 radical (unpaired) electrons. The van der Waals surface area contributed by atoms with Crippen molar-refractivity contribution in [3.05, 3.63) is 59.2 Å². The Hall–Kier alpha value is -1.93. The number of piperidine rings is 1. The molecule has 4 N–H and O–H groups in total. The summed E-state index contributed by atoms with van der Waals surface area (Å²) in [6.45, 7) is 7.82. The van der Waals surface area contributed by atoms with Crippen LogP contribution < -0.4 is 10.5 Å². The average molecular weight is 470 g/mol. The fraction of sp³-hybridized carbons (Fsp3) is 0.538. The third-order valence-corrected chi connectivity index (χ3v) is 9.28. The third-order valence-electron chi connectivity index (χ3n) is 8.35. The predicted octanol–water partition coefficient (Wildman–Crippen LogP) is 2.78. The Bertz CT molecular complexity index is 1130. The number of rotatable bonds is 7. The van der Waals surface area contributed by atoms with Crippen LogP contribution in [0.25, 0.3) is 0 Å². The van der Waals surface area contributed by atoms with Crippen LogP contribution in [0.3, 0.4) is 0 Å². The van der Waals surface area contributed by atoms with Crippen molar-refractivity contribution in [2.24, 2.45) is 17.0 Å². The van der Waals surface area contributed by atoms with Crippen LogP contribution in [0.1, 0.15) is 43.4 Å². The number of nitrogens with one attached hydrogen (secondary N) is 1. The molecular formula is C26H35N3O3S. The molecule has 4 atom stereocenters. The summed E-state index contributed by atoms with van der Waals surface area (Å²) >= 11 is 0. The van der Waals surface area contributed by atoms with E-state index in [4.69, 9.17) is 5.14 Å². The van der Waals surface area contributed by atoms with Gasteiger partial charge in [0.1, 0.15) is 5.75 Å². The monoisotopic (exact) mass is 469 g/mol. The maximum Gasteiger partial charge on any atom is 0.238 e. The zero-order valence-corrected chi connectivity index (χ0v) is 20.3. The number of likely N-dealkylation sites (tertiary alicyclic amines) is 1. The highest BCUT2D eigenvalue weighted by Crippen LogP contribution is 2.49. The molecule has 2 aromatic carbocycles. The Balaban J connectivity index is 1.38. The maximum atomic E-state index is 11.5. The molecule has 0 amide bonds. The highest BCUT2D eigenvalue weighted by molar-refractivity contribution is 7.89. The molecule has 5 rings (SSSR count). The predicted molar refractivity (Wildman–Crippen MR) is 130 cm³/mol. The summed E-state index contributed by atoms with van der Waals surface area (Å²) in [6.07, 6.45) is 4.53. The van der Waals surface area contributed by atoms with Crippen molar-refractivity contribution in [3.63, 3.8) is 0 Å². The number of nitrogens with zero attached hydrogens (tertiary/aromatic N) is 1. The van der Waals surface area contributed by atoms with Gasteiger partial charge in [0.15, 0.2) is 0 Å². The van der Waals surface area contributed by atoms with E-state index in [2.05, 4.69) is 30.1 Å². The number of hydrogen-bond acceptors (Lipinski definition) is 5. The van der Waals surface area contributed by atoms with Crippen molar-refractivity contribution < 1.29 is 13.5 Å². The number of benzene rings is 2. The molecule has 2 aromatic rings. The Morgan fingerprint density at radius 3 is 2.58 bits per heavy atom. The molecule has 7 heteroatoms.